The van der Waals surface area contributed by atoms with E-state index in [1.165, 1.54) is 16.1 Å². The number of nitrogens with one attached hydrogen (secondary N) is 1. The number of ether oxygens (including phenoxy) is 1. The predicted octanol–water partition coefficient (Wildman–Crippen LogP) is 1.91. The van der Waals surface area contributed by atoms with Crippen molar-refractivity contribution in [3.63, 3.8) is 0 Å². The Hall–Kier alpha value is -0.190. The number of cyclic esters (lactones) is 1. The summed E-state index contributed by atoms with van der Waals surface area (Å²) in [6.45, 7) is -0.0449. The Kier molecular flexibility index (Phi) is 4.29. The van der Waals surface area contributed by atoms with Crippen LogP contribution in [0.4, 0.5) is 4.79 Å². The van der Waals surface area contributed by atoms with Gasteiger partial charge in [-0.25, -0.2) is 14.6 Å². The summed E-state index contributed by atoms with van der Waals surface area (Å²) in [4.78, 5) is 11.2. The summed E-state index contributed by atoms with van der Waals surface area (Å²) in [6, 6.07) is 0. The molecule has 1 atom stereocenters. The fourth-order valence-corrected chi connectivity index (χ4v) is 5.19. The molecule has 1 fully saturated rings. The molecule has 0 saturated carbocycles. The number of carbonyl (C=O) groups excluding carboxylic acids is 1. The molecule has 0 aromatic heterocycles. The summed E-state index contributed by atoms with van der Waals surface area (Å²) in [5.41, 5.74) is 0. The normalized spacial score (nSPS) is 20.7. The van der Waals surface area contributed by atoms with Gasteiger partial charge in [-0.05, 0) is 13.5 Å². The van der Waals surface area contributed by atoms with Gasteiger partial charge in [0.15, 0.2) is 0 Å². The molecule has 1 saturated heterocycles. The summed E-state index contributed by atoms with van der Waals surface area (Å²) >= 11 is 1.29. The van der Waals surface area contributed by atoms with Gasteiger partial charge in [-0.1, -0.05) is 18.3 Å². The lowest BCUT2D eigenvalue weighted by atomic mass is 10.6. The van der Waals surface area contributed by atoms with E-state index >= 15 is 0 Å². The number of amides is 1. The van der Waals surface area contributed by atoms with Crippen molar-refractivity contribution in [3.05, 3.63) is 0 Å². The molecule has 14 heavy (non-hydrogen) atoms. The minimum Gasteiger partial charge on any atom is -0.447 e. The van der Waals surface area contributed by atoms with Gasteiger partial charge in [0.25, 0.3) is 6.65 Å². The van der Waals surface area contributed by atoms with Gasteiger partial charge in [-0.2, -0.15) is 0 Å². The van der Waals surface area contributed by atoms with Crippen LogP contribution >= 0.6 is 18.0 Å². The van der Waals surface area contributed by atoms with E-state index < -0.39 is 12.7 Å². The van der Waals surface area contributed by atoms with Crippen LogP contribution in [0.5, 0.6) is 0 Å². The van der Waals surface area contributed by atoms with Gasteiger partial charge < -0.3 is 4.74 Å². The first-order valence-electron chi connectivity index (χ1n) is 4.52. The molecule has 1 aliphatic heterocycles. The molecule has 7 heteroatoms. The molecule has 0 bridgehead atoms. The fourth-order valence-electron chi connectivity index (χ4n) is 1.09. The van der Waals surface area contributed by atoms with Gasteiger partial charge in [0.2, 0.25) is 0 Å². The van der Waals surface area contributed by atoms with Crippen molar-refractivity contribution in [1.82, 2.24) is 9.76 Å². The molecule has 82 valence electrons. The van der Waals surface area contributed by atoms with Gasteiger partial charge >= 0.3 is 6.09 Å². The highest BCUT2D eigenvalue weighted by Gasteiger charge is 2.38. The van der Waals surface area contributed by atoms with Gasteiger partial charge in [0, 0.05) is 5.75 Å². The smallest absolute Gasteiger partial charge is 0.417 e. The maximum absolute atomic E-state index is 12.2. The van der Waals surface area contributed by atoms with Crippen molar-refractivity contribution < 1.29 is 14.1 Å². The van der Waals surface area contributed by atoms with Crippen LogP contribution in [0.25, 0.3) is 0 Å². The van der Waals surface area contributed by atoms with Crippen molar-refractivity contribution >= 4 is 24.1 Å². The molecule has 0 aromatic rings. The Balaban J connectivity index is 2.67. The topological polar surface area (TPSA) is 58.6 Å². The minimum atomic E-state index is -2.80. The van der Waals surface area contributed by atoms with Gasteiger partial charge in [0.1, 0.15) is 6.61 Å². The van der Waals surface area contributed by atoms with E-state index in [0.717, 1.165) is 12.2 Å². The summed E-state index contributed by atoms with van der Waals surface area (Å²) in [5, 5.41) is 2.73. The zero-order chi connectivity index (χ0) is 10.6. The molecule has 1 aliphatic rings. The second-order valence-electron chi connectivity index (χ2n) is 2.81. The minimum absolute atomic E-state index is 0.331. The molecule has 5 nitrogen and oxygen atoms in total. The van der Waals surface area contributed by atoms with E-state index in [2.05, 4.69) is 5.09 Å². The van der Waals surface area contributed by atoms with E-state index in [4.69, 9.17) is 4.74 Å². The number of nitrogens with zero attached hydrogens (tertiary/aromatic N) is 1. The van der Waals surface area contributed by atoms with Gasteiger partial charge in [-0.3, -0.25) is 4.57 Å². The molecule has 1 N–H and O–H groups in total. The number of hydrogen-bond acceptors (Lipinski definition) is 4. The predicted molar refractivity (Wildman–Crippen MR) is 57.5 cm³/mol. The molecule has 0 aliphatic carbocycles. The molecule has 1 unspecified atom stereocenters. The zero-order valence-corrected chi connectivity index (χ0v) is 10.1. The third-order valence-electron chi connectivity index (χ3n) is 1.81. The molecule has 0 aromatic carbocycles. The number of rotatable bonds is 5. The third-order valence-corrected chi connectivity index (χ3v) is 7.05. The maximum atomic E-state index is 12.2. The van der Waals surface area contributed by atoms with Gasteiger partial charge in [0.05, 0.1) is 6.54 Å². The first kappa shape index (κ1) is 11.9. The lowest BCUT2D eigenvalue weighted by Gasteiger charge is -2.23. The lowest BCUT2D eigenvalue weighted by molar-refractivity contribution is 0.170. The Morgan fingerprint density at radius 3 is 2.86 bits per heavy atom. The molecule has 0 radical (unpaired) electrons. The highest BCUT2D eigenvalue weighted by molar-refractivity contribution is 8.56. The van der Waals surface area contributed by atoms with Crippen LogP contribution in [0.15, 0.2) is 0 Å². The van der Waals surface area contributed by atoms with Crippen molar-refractivity contribution in [3.8, 4) is 0 Å². The van der Waals surface area contributed by atoms with Crippen LogP contribution in [-0.2, 0) is 9.30 Å². The average Bonchev–Trinajstić information content (AvgIpc) is 2.61. The van der Waals surface area contributed by atoms with Crippen molar-refractivity contribution in [2.75, 3.05) is 26.0 Å². The Bertz CT molecular complexity index is 261. The summed E-state index contributed by atoms with van der Waals surface area (Å²) in [7, 11) is 1.61. The molecule has 1 heterocycles. The monoisotopic (exact) mass is 238 g/mol. The van der Waals surface area contributed by atoms with E-state index in [1.807, 2.05) is 6.92 Å². The van der Waals surface area contributed by atoms with E-state index in [1.54, 1.807) is 7.05 Å². The van der Waals surface area contributed by atoms with E-state index in [0.29, 0.717) is 13.2 Å². The Labute approximate surface area is 87.8 Å². The molecule has 1 rings (SSSR count). The number of hydrogen-bond donors (Lipinski definition) is 1. The molecule has 0 spiro atoms. The Morgan fingerprint density at radius 2 is 2.43 bits per heavy atom. The molecule has 1 amide bonds. The fraction of sp³-hybridized carbons (Fsp3) is 0.857. The summed E-state index contributed by atoms with van der Waals surface area (Å²) in [6.07, 6.45) is 0.449. The van der Waals surface area contributed by atoms with Crippen LogP contribution in [0.1, 0.15) is 13.3 Å². The summed E-state index contributed by atoms with van der Waals surface area (Å²) < 4.78 is 18.3. The number of carbonyl (C=O) groups is 1. The quantitative estimate of drug-likeness (QED) is 0.741. The second-order valence-corrected chi connectivity index (χ2v) is 7.71. The Morgan fingerprint density at radius 1 is 1.71 bits per heavy atom. The molecular weight excluding hydrogens is 223 g/mol. The first-order chi connectivity index (χ1) is 6.64. The van der Waals surface area contributed by atoms with Crippen LogP contribution in [-0.4, -0.2) is 36.7 Å². The van der Waals surface area contributed by atoms with Crippen molar-refractivity contribution in [1.29, 1.82) is 0 Å². The van der Waals surface area contributed by atoms with Crippen molar-refractivity contribution in [2.45, 2.75) is 13.3 Å². The second kappa shape index (κ2) is 5.05. The van der Waals surface area contributed by atoms with E-state index in [-0.39, 0.29) is 0 Å². The maximum Gasteiger partial charge on any atom is 0.417 e. The van der Waals surface area contributed by atoms with Crippen LogP contribution in [0, 0.1) is 0 Å². The van der Waals surface area contributed by atoms with Gasteiger partial charge in [-0.15, -0.1) is 0 Å². The van der Waals surface area contributed by atoms with E-state index in [9.17, 15) is 9.36 Å². The largest absolute Gasteiger partial charge is 0.447 e. The van der Waals surface area contributed by atoms with Crippen molar-refractivity contribution in [2.24, 2.45) is 0 Å². The highest BCUT2D eigenvalue weighted by Crippen LogP contribution is 2.58. The third kappa shape index (κ3) is 2.43. The van der Waals surface area contributed by atoms with Crippen LogP contribution < -0.4 is 5.09 Å². The van der Waals surface area contributed by atoms with Crippen LogP contribution in [0.3, 0.4) is 0 Å². The summed E-state index contributed by atoms with van der Waals surface area (Å²) in [5.74, 6) is 0.766. The standard InChI is InChI=1S/C7H15N2O3PS/c1-3-6-14-13(11,8-2)9-4-5-12-7(9)10/h3-6H2,1-2H3,(H,8,11). The SMILES string of the molecule is CCCSP(=O)(NC)N1CCOC1=O. The zero-order valence-electron chi connectivity index (χ0n) is 8.36. The first-order valence-corrected chi connectivity index (χ1v) is 7.77. The lowest BCUT2D eigenvalue weighted by Crippen LogP contribution is -2.25. The highest BCUT2D eigenvalue weighted by atomic mass is 32.7. The molecular formula is C7H15N2O3PS. The average molecular weight is 238 g/mol. The van der Waals surface area contributed by atoms with Crippen LogP contribution in [0.2, 0.25) is 0 Å².